The molecule has 0 saturated carbocycles. The van der Waals surface area contributed by atoms with Crippen LogP contribution in [-0.4, -0.2) is 30.0 Å². The molecule has 2 heterocycles. The summed E-state index contributed by atoms with van der Waals surface area (Å²) >= 11 is 11.5. The first-order valence-electron chi connectivity index (χ1n) is 5.22. The lowest BCUT2D eigenvalue weighted by atomic mass is 10.1. The zero-order valence-corrected chi connectivity index (χ0v) is 10.2. The van der Waals surface area contributed by atoms with Gasteiger partial charge in [0.05, 0.1) is 5.02 Å². The summed E-state index contributed by atoms with van der Waals surface area (Å²) in [5.74, 6) is -0.164. The number of rotatable bonds is 2. The van der Waals surface area contributed by atoms with Gasteiger partial charge in [-0.05, 0) is 25.5 Å². The van der Waals surface area contributed by atoms with Gasteiger partial charge in [0.2, 0.25) is 0 Å². The number of carbonyl (C=O) groups is 1. The molecule has 1 aliphatic heterocycles. The molecule has 0 unspecified atom stereocenters. The van der Waals surface area contributed by atoms with Crippen LogP contribution in [0.25, 0.3) is 0 Å². The quantitative estimate of drug-likeness (QED) is 0.761. The molecule has 0 spiro atoms. The van der Waals surface area contributed by atoms with E-state index in [0.29, 0.717) is 15.9 Å². The summed E-state index contributed by atoms with van der Waals surface area (Å²) in [5, 5.41) is 6.83. The standard InChI is InChI=1S/C10H13Cl2N3O/c11-7-4-8(15-9(7)12)10(16)14-6-2-1-3-13-5-6/h4,6,13,15H,1-3,5H2,(H,14,16)/t6-/m1/s1. The maximum atomic E-state index is 11.8. The number of aromatic nitrogens is 1. The lowest BCUT2D eigenvalue weighted by Gasteiger charge is -2.23. The number of aromatic amines is 1. The minimum Gasteiger partial charge on any atom is -0.347 e. The summed E-state index contributed by atoms with van der Waals surface area (Å²) < 4.78 is 0. The molecule has 1 fully saturated rings. The fourth-order valence-corrected chi connectivity index (χ4v) is 2.08. The Morgan fingerprint density at radius 3 is 2.88 bits per heavy atom. The smallest absolute Gasteiger partial charge is 0.268 e. The molecule has 1 amide bonds. The predicted molar refractivity (Wildman–Crippen MR) is 64.2 cm³/mol. The minimum absolute atomic E-state index is 0.164. The van der Waals surface area contributed by atoms with Crippen LogP contribution in [0.2, 0.25) is 10.2 Å². The molecule has 1 atom stereocenters. The average molecular weight is 262 g/mol. The van der Waals surface area contributed by atoms with Crippen molar-refractivity contribution >= 4 is 29.1 Å². The normalized spacial score (nSPS) is 20.8. The predicted octanol–water partition coefficient (Wildman–Crippen LogP) is 1.80. The van der Waals surface area contributed by atoms with Crippen molar-refractivity contribution in [2.75, 3.05) is 13.1 Å². The monoisotopic (exact) mass is 261 g/mol. The van der Waals surface area contributed by atoms with Crippen molar-refractivity contribution in [3.63, 3.8) is 0 Å². The van der Waals surface area contributed by atoms with Gasteiger partial charge in [0.25, 0.3) is 5.91 Å². The van der Waals surface area contributed by atoms with E-state index >= 15 is 0 Å². The van der Waals surface area contributed by atoms with E-state index in [2.05, 4.69) is 15.6 Å². The van der Waals surface area contributed by atoms with Crippen molar-refractivity contribution in [3.8, 4) is 0 Å². The van der Waals surface area contributed by atoms with E-state index in [-0.39, 0.29) is 11.9 Å². The third-order valence-corrected chi connectivity index (χ3v) is 3.29. The Morgan fingerprint density at radius 2 is 2.31 bits per heavy atom. The van der Waals surface area contributed by atoms with Crippen molar-refractivity contribution < 1.29 is 4.79 Å². The molecule has 0 bridgehead atoms. The number of amides is 1. The summed E-state index contributed by atoms with van der Waals surface area (Å²) in [6.45, 7) is 1.83. The van der Waals surface area contributed by atoms with Crippen LogP contribution >= 0.6 is 23.2 Å². The molecule has 1 saturated heterocycles. The van der Waals surface area contributed by atoms with Crippen LogP contribution in [0, 0.1) is 0 Å². The molecule has 88 valence electrons. The Bertz CT molecular complexity index is 366. The maximum Gasteiger partial charge on any atom is 0.268 e. The van der Waals surface area contributed by atoms with Crippen LogP contribution in [0.1, 0.15) is 23.3 Å². The third-order valence-electron chi connectivity index (χ3n) is 2.60. The van der Waals surface area contributed by atoms with Gasteiger partial charge in [-0.1, -0.05) is 23.2 Å². The topological polar surface area (TPSA) is 56.9 Å². The number of carbonyl (C=O) groups excluding carboxylic acids is 1. The van der Waals surface area contributed by atoms with Crippen molar-refractivity contribution in [1.29, 1.82) is 0 Å². The van der Waals surface area contributed by atoms with E-state index in [4.69, 9.17) is 23.2 Å². The largest absolute Gasteiger partial charge is 0.347 e. The molecule has 3 N–H and O–H groups in total. The first-order chi connectivity index (χ1) is 7.66. The molecule has 1 aromatic rings. The lowest BCUT2D eigenvalue weighted by molar-refractivity contribution is 0.0926. The van der Waals surface area contributed by atoms with Crippen molar-refractivity contribution in [3.05, 3.63) is 21.9 Å². The summed E-state index contributed by atoms with van der Waals surface area (Å²) in [6, 6.07) is 1.72. The molecule has 16 heavy (non-hydrogen) atoms. The summed E-state index contributed by atoms with van der Waals surface area (Å²) in [4.78, 5) is 14.5. The number of halogens is 2. The minimum atomic E-state index is -0.164. The zero-order chi connectivity index (χ0) is 11.5. The average Bonchev–Trinajstić information content (AvgIpc) is 2.61. The van der Waals surface area contributed by atoms with Gasteiger partial charge in [0.1, 0.15) is 10.8 Å². The highest BCUT2D eigenvalue weighted by Crippen LogP contribution is 2.21. The van der Waals surface area contributed by atoms with Crippen LogP contribution < -0.4 is 10.6 Å². The molecule has 1 aliphatic rings. The van der Waals surface area contributed by atoms with E-state index in [1.54, 1.807) is 0 Å². The molecule has 0 aliphatic carbocycles. The summed E-state index contributed by atoms with van der Waals surface area (Å²) in [5.41, 5.74) is 0.403. The van der Waals surface area contributed by atoms with Crippen molar-refractivity contribution in [2.24, 2.45) is 0 Å². The van der Waals surface area contributed by atoms with Crippen LogP contribution in [0.4, 0.5) is 0 Å². The van der Waals surface area contributed by atoms with Gasteiger partial charge in [0.15, 0.2) is 0 Å². The number of piperidine rings is 1. The Labute approximate surface area is 104 Å². The van der Waals surface area contributed by atoms with Crippen molar-refractivity contribution in [2.45, 2.75) is 18.9 Å². The van der Waals surface area contributed by atoms with Gasteiger partial charge in [-0.2, -0.15) is 0 Å². The first-order valence-corrected chi connectivity index (χ1v) is 5.98. The number of H-pyrrole nitrogens is 1. The van der Waals surface area contributed by atoms with Gasteiger partial charge in [-0.25, -0.2) is 0 Å². The number of hydrogen-bond donors (Lipinski definition) is 3. The molecule has 4 nitrogen and oxygen atoms in total. The second-order valence-corrected chi connectivity index (χ2v) is 4.65. The molecule has 2 rings (SSSR count). The van der Waals surface area contributed by atoms with E-state index in [9.17, 15) is 4.79 Å². The fourth-order valence-electron chi connectivity index (χ4n) is 1.76. The third kappa shape index (κ3) is 2.70. The summed E-state index contributed by atoms with van der Waals surface area (Å²) in [6.07, 6.45) is 2.08. The van der Waals surface area contributed by atoms with E-state index in [1.807, 2.05) is 0 Å². The van der Waals surface area contributed by atoms with Gasteiger partial charge in [-0.3, -0.25) is 4.79 Å². The first kappa shape index (κ1) is 11.8. The van der Waals surface area contributed by atoms with Crippen LogP contribution in [0.5, 0.6) is 0 Å². The Balaban J connectivity index is 1.96. The molecule has 1 aromatic heterocycles. The van der Waals surface area contributed by atoms with Crippen LogP contribution in [0.15, 0.2) is 6.07 Å². The number of nitrogens with one attached hydrogen (secondary N) is 3. The van der Waals surface area contributed by atoms with Crippen LogP contribution in [-0.2, 0) is 0 Å². The highest BCUT2D eigenvalue weighted by atomic mass is 35.5. The molecular formula is C10H13Cl2N3O. The van der Waals surface area contributed by atoms with E-state index in [1.165, 1.54) is 6.07 Å². The molecule has 0 radical (unpaired) electrons. The SMILES string of the molecule is O=C(N[C@@H]1CCCNC1)c1cc(Cl)c(Cl)[nH]1. The summed E-state index contributed by atoms with van der Waals surface area (Å²) in [7, 11) is 0. The molecule has 0 aromatic carbocycles. The van der Waals surface area contributed by atoms with Gasteiger partial charge < -0.3 is 15.6 Å². The fraction of sp³-hybridized carbons (Fsp3) is 0.500. The number of hydrogen-bond acceptors (Lipinski definition) is 2. The van der Waals surface area contributed by atoms with Gasteiger partial charge in [-0.15, -0.1) is 0 Å². The Morgan fingerprint density at radius 1 is 1.50 bits per heavy atom. The molecular weight excluding hydrogens is 249 g/mol. The second-order valence-electron chi connectivity index (χ2n) is 3.86. The van der Waals surface area contributed by atoms with Gasteiger partial charge >= 0.3 is 0 Å². The highest BCUT2D eigenvalue weighted by Gasteiger charge is 2.18. The van der Waals surface area contributed by atoms with Crippen LogP contribution in [0.3, 0.4) is 0 Å². The Hall–Kier alpha value is -0.710. The van der Waals surface area contributed by atoms with E-state index in [0.717, 1.165) is 25.9 Å². The molecule has 6 heteroatoms. The second kappa shape index (κ2) is 5.08. The van der Waals surface area contributed by atoms with Gasteiger partial charge in [0, 0.05) is 12.6 Å². The zero-order valence-electron chi connectivity index (χ0n) is 8.65. The van der Waals surface area contributed by atoms with E-state index < -0.39 is 0 Å². The maximum absolute atomic E-state index is 11.8. The van der Waals surface area contributed by atoms with Crippen molar-refractivity contribution in [1.82, 2.24) is 15.6 Å². The Kier molecular flexibility index (Phi) is 3.74. The highest BCUT2D eigenvalue weighted by molar-refractivity contribution is 6.41. The lowest BCUT2D eigenvalue weighted by Crippen LogP contribution is -2.45.